The standard InChI is InChI=1S/C54H32B2N2O4/c1-3-15-33(16-4-1)57(34-17-5-2-6-18-34)35-27-49-53-51(28-35)61-47-32-48-42(31-41(47)55(53)39-21-9-13-25-45(39)59-49)56-40-22-10-14-26-46(40)60-50-29-36(30-52(62-48)54(50)56)58-43-23-11-7-19-37(43)38-20-8-12-24-44(38)58/h1-32H. The first-order valence-corrected chi connectivity index (χ1v) is 21.1. The highest BCUT2D eigenvalue weighted by atomic mass is 16.5. The lowest BCUT2D eigenvalue weighted by atomic mass is 9.31. The Labute approximate surface area is 357 Å². The summed E-state index contributed by atoms with van der Waals surface area (Å²) in [6.45, 7) is -0.265. The molecule has 8 heteroatoms. The number of rotatable bonds is 4. The number of hydrogen-bond acceptors (Lipinski definition) is 5. The van der Waals surface area contributed by atoms with E-state index in [1.165, 1.54) is 10.8 Å². The number of para-hydroxylation sites is 6. The molecule has 62 heavy (non-hydrogen) atoms. The lowest BCUT2D eigenvalue weighted by Gasteiger charge is -2.37. The molecule has 9 aromatic carbocycles. The van der Waals surface area contributed by atoms with Gasteiger partial charge in [0, 0.05) is 63.4 Å². The van der Waals surface area contributed by atoms with Crippen molar-refractivity contribution in [3.63, 3.8) is 0 Å². The van der Waals surface area contributed by atoms with Crippen LogP contribution in [0, 0.1) is 0 Å². The maximum absolute atomic E-state index is 7.10. The number of ether oxygens (including phenoxy) is 4. The minimum Gasteiger partial charge on any atom is -0.458 e. The Morgan fingerprint density at radius 3 is 1.26 bits per heavy atom. The predicted molar refractivity (Wildman–Crippen MR) is 251 cm³/mol. The van der Waals surface area contributed by atoms with Gasteiger partial charge in [-0.1, -0.05) is 115 Å². The van der Waals surface area contributed by atoms with Crippen LogP contribution in [0.5, 0.6) is 46.0 Å². The molecule has 0 unspecified atom stereocenters. The van der Waals surface area contributed by atoms with Gasteiger partial charge in [-0.05, 0) is 70.4 Å². The van der Waals surface area contributed by atoms with E-state index in [2.05, 4.69) is 179 Å². The zero-order chi connectivity index (χ0) is 40.5. The highest BCUT2D eigenvalue weighted by Gasteiger charge is 2.45. The van der Waals surface area contributed by atoms with Gasteiger partial charge in [0.1, 0.15) is 46.0 Å². The summed E-state index contributed by atoms with van der Waals surface area (Å²) in [6.07, 6.45) is 0. The lowest BCUT2D eigenvalue weighted by molar-refractivity contribution is 0.451. The number of nitrogens with zero attached hydrogens (tertiary/aromatic N) is 2. The molecule has 4 aliphatic rings. The Kier molecular flexibility index (Phi) is 6.91. The molecule has 0 aliphatic carbocycles. The largest absolute Gasteiger partial charge is 0.458 e. The summed E-state index contributed by atoms with van der Waals surface area (Å²) in [5.41, 5.74) is 12.6. The van der Waals surface area contributed by atoms with Crippen LogP contribution in [0.3, 0.4) is 0 Å². The Bertz CT molecular complexity index is 3420. The molecular weight excluding hydrogens is 762 g/mol. The van der Waals surface area contributed by atoms with E-state index in [0.717, 1.165) is 113 Å². The third kappa shape index (κ3) is 4.77. The van der Waals surface area contributed by atoms with Crippen molar-refractivity contribution in [1.29, 1.82) is 0 Å². The summed E-state index contributed by atoms with van der Waals surface area (Å²) < 4.78 is 30.2. The van der Waals surface area contributed by atoms with Crippen molar-refractivity contribution in [3.8, 4) is 51.7 Å². The van der Waals surface area contributed by atoms with Gasteiger partial charge in [-0.15, -0.1) is 0 Å². The Morgan fingerprint density at radius 2 is 0.742 bits per heavy atom. The monoisotopic (exact) mass is 794 g/mol. The molecule has 0 N–H and O–H groups in total. The highest BCUT2D eigenvalue weighted by Crippen LogP contribution is 2.45. The van der Waals surface area contributed by atoms with Crippen LogP contribution < -0.4 is 56.6 Å². The number of anilines is 3. The maximum atomic E-state index is 7.10. The molecule has 0 radical (unpaired) electrons. The second-order valence-electron chi connectivity index (χ2n) is 16.4. The second-order valence-corrected chi connectivity index (χ2v) is 16.4. The zero-order valence-corrected chi connectivity index (χ0v) is 33.2. The molecule has 4 aliphatic heterocycles. The molecule has 0 saturated heterocycles. The molecule has 0 spiro atoms. The van der Waals surface area contributed by atoms with Crippen LogP contribution in [0.25, 0.3) is 27.5 Å². The van der Waals surface area contributed by atoms with Crippen molar-refractivity contribution in [2.75, 3.05) is 4.90 Å². The summed E-state index contributed by atoms with van der Waals surface area (Å²) in [6, 6.07) is 67.9. The van der Waals surface area contributed by atoms with E-state index in [4.69, 9.17) is 18.9 Å². The molecule has 10 aromatic rings. The van der Waals surface area contributed by atoms with Crippen molar-refractivity contribution in [2.24, 2.45) is 0 Å². The van der Waals surface area contributed by atoms with Crippen LogP contribution in [0.1, 0.15) is 0 Å². The van der Waals surface area contributed by atoms with E-state index in [0.29, 0.717) is 0 Å². The molecule has 288 valence electrons. The van der Waals surface area contributed by atoms with Crippen LogP contribution in [-0.2, 0) is 0 Å². The summed E-state index contributed by atoms with van der Waals surface area (Å²) >= 11 is 0. The van der Waals surface area contributed by atoms with Crippen LogP contribution in [-0.4, -0.2) is 18.0 Å². The molecule has 6 nitrogen and oxygen atoms in total. The van der Waals surface area contributed by atoms with Gasteiger partial charge in [0.15, 0.2) is 0 Å². The quantitative estimate of drug-likeness (QED) is 0.166. The van der Waals surface area contributed by atoms with E-state index in [1.54, 1.807) is 0 Å². The fourth-order valence-electron chi connectivity index (χ4n) is 10.4. The minimum absolute atomic E-state index is 0.130. The van der Waals surface area contributed by atoms with E-state index in [9.17, 15) is 0 Å². The van der Waals surface area contributed by atoms with Crippen molar-refractivity contribution >= 4 is 85.1 Å². The number of aromatic nitrogens is 1. The Hall–Kier alpha value is -8.09. The van der Waals surface area contributed by atoms with Crippen molar-refractivity contribution in [1.82, 2.24) is 4.57 Å². The molecule has 1 aromatic heterocycles. The van der Waals surface area contributed by atoms with Crippen LogP contribution in [0.4, 0.5) is 17.1 Å². The van der Waals surface area contributed by atoms with Crippen LogP contribution in [0.2, 0.25) is 0 Å². The van der Waals surface area contributed by atoms with Gasteiger partial charge < -0.3 is 28.4 Å². The zero-order valence-electron chi connectivity index (χ0n) is 33.2. The van der Waals surface area contributed by atoms with Gasteiger partial charge in [0.05, 0.1) is 22.4 Å². The van der Waals surface area contributed by atoms with Crippen molar-refractivity contribution in [3.05, 3.63) is 194 Å². The average molecular weight is 794 g/mol. The smallest absolute Gasteiger partial charge is 0.260 e. The van der Waals surface area contributed by atoms with Crippen LogP contribution in [0.15, 0.2) is 194 Å². The molecule has 14 rings (SSSR count). The SMILES string of the molecule is c1ccc(N(c2ccccc2)c2cc3c4c(c2)Oc2cc5c(cc2B4c2ccccc2O3)B2c3ccccc3Oc3cc(-n4c6ccccc6c6ccccc64)cc(c32)O5)cc1. The fraction of sp³-hybridized carbons (Fsp3) is 0. The average Bonchev–Trinajstić information content (AvgIpc) is 3.66. The Morgan fingerprint density at radius 1 is 0.323 bits per heavy atom. The molecule has 0 fully saturated rings. The first-order chi connectivity index (χ1) is 30.7. The topological polar surface area (TPSA) is 45.1 Å². The number of benzene rings is 9. The van der Waals surface area contributed by atoms with Crippen LogP contribution >= 0.6 is 0 Å². The summed E-state index contributed by atoms with van der Waals surface area (Å²) in [7, 11) is 0. The van der Waals surface area contributed by atoms with Gasteiger partial charge >= 0.3 is 0 Å². The van der Waals surface area contributed by atoms with Gasteiger partial charge in [-0.3, -0.25) is 0 Å². The predicted octanol–water partition coefficient (Wildman–Crippen LogP) is 9.71. The first kappa shape index (κ1) is 33.7. The van der Waals surface area contributed by atoms with E-state index in [-0.39, 0.29) is 13.4 Å². The Balaban J connectivity index is 0.971. The second kappa shape index (κ2) is 12.7. The molecule has 0 saturated carbocycles. The van der Waals surface area contributed by atoms with E-state index >= 15 is 0 Å². The third-order valence-electron chi connectivity index (χ3n) is 13.0. The highest BCUT2D eigenvalue weighted by molar-refractivity contribution is 7.01. The lowest BCUT2D eigenvalue weighted by Crippen LogP contribution is -2.61. The van der Waals surface area contributed by atoms with Gasteiger partial charge in [-0.25, -0.2) is 0 Å². The van der Waals surface area contributed by atoms with Crippen molar-refractivity contribution < 1.29 is 18.9 Å². The molecule has 0 atom stereocenters. The van der Waals surface area contributed by atoms with E-state index in [1.807, 2.05) is 24.3 Å². The maximum Gasteiger partial charge on any atom is 0.260 e. The summed E-state index contributed by atoms with van der Waals surface area (Å²) in [5.74, 6) is 6.29. The van der Waals surface area contributed by atoms with Gasteiger partial charge in [0.2, 0.25) is 0 Å². The van der Waals surface area contributed by atoms with Crippen molar-refractivity contribution in [2.45, 2.75) is 0 Å². The number of fused-ring (bicyclic) bond motifs is 11. The van der Waals surface area contributed by atoms with E-state index < -0.39 is 0 Å². The fourth-order valence-corrected chi connectivity index (χ4v) is 10.4. The summed E-state index contributed by atoms with van der Waals surface area (Å²) in [5, 5.41) is 2.40. The molecule has 5 heterocycles. The molecule has 0 bridgehead atoms. The normalized spacial score (nSPS) is 13.3. The van der Waals surface area contributed by atoms with Gasteiger partial charge in [0.25, 0.3) is 13.4 Å². The third-order valence-corrected chi connectivity index (χ3v) is 13.0. The number of hydrogen-bond donors (Lipinski definition) is 0. The summed E-state index contributed by atoms with van der Waals surface area (Å²) in [4.78, 5) is 2.25. The molecular formula is C54H32B2N2O4. The van der Waals surface area contributed by atoms with Gasteiger partial charge in [-0.2, -0.15) is 0 Å². The molecule has 0 amide bonds. The first-order valence-electron chi connectivity index (χ1n) is 21.1. The minimum atomic E-state index is -0.136.